The van der Waals surface area contributed by atoms with Crippen LogP contribution in [0.25, 0.3) is 0 Å². The SMILES string of the molecule is N=PN1C(=O)[C@H](OP=O)C1C(O)CO. The first-order valence-electron chi connectivity index (χ1n) is 3.65. The quantitative estimate of drug-likeness (QED) is 0.452. The van der Waals surface area contributed by atoms with Gasteiger partial charge in [0.2, 0.25) is 0 Å². The van der Waals surface area contributed by atoms with Gasteiger partial charge in [-0.2, -0.15) is 0 Å². The van der Waals surface area contributed by atoms with Crippen LogP contribution in [-0.4, -0.2) is 45.6 Å². The third-order valence-corrected chi connectivity index (χ3v) is 2.90. The van der Waals surface area contributed by atoms with Gasteiger partial charge in [-0.25, -0.2) is 4.57 Å². The van der Waals surface area contributed by atoms with Crippen molar-refractivity contribution >= 4 is 23.1 Å². The zero-order chi connectivity index (χ0) is 10.7. The highest BCUT2D eigenvalue weighted by atomic mass is 31.1. The van der Waals surface area contributed by atoms with Crippen LogP contribution in [0.1, 0.15) is 0 Å². The van der Waals surface area contributed by atoms with Crippen molar-refractivity contribution in [2.75, 3.05) is 6.61 Å². The summed E-state index contributed by atoms with van der Waals surface area (Å²) in [7, 11) is -0.750. The van der Waals surface area contributed by atoms with E-state index in [0.717, 1.165) is 4.67 Å². The van der Waals surface area contributed by atoms with Gasteiger partial charge in [-0.05, 0) is 0 Å². The summed E-state index contributed by atoms with van der Waals surface area (Å²) in [5.74, 6) is -0.512. The lowest BCUT2D eigenvalue weighted by Crippen LogP contribution is -2.66. The molecule has 1 fully saturated rings. The molecule has 0 spiro atoms. The Kier molecular flexibility index (Phi) is 4.04. The molecule has 0 saturated carbocycles. The first-order valence-corrected chi connectivity index (χ1v) is 5.23. The van der Waals surface area contributed by atoms with E-state index in [2.05, 4.69) is 4.52 Å². The maximum atomic E-state index is 11.2. The van der Waals surface area contributed by atoms with Crippen molar-refractivity contribution in [1.29, 1.82) is 5.16 Å². The fourth-order valence-corrected chi connectivity index (χ4v) is 2.14. The summed E-state index contributed by atoms with van der Waals surface area (Å²) in [5.41, 5.74) is 0. The van der Waals surface area contributed by atoms with E-state index in [-0.39, 0.29) is 8.52 Å². The molecule has 1 saturated heterocycles. The molecule has 78 valence electrons. The zero-order valence-corrected chi connectivity index (χ0v) is 8.69. The molecule has 2 unspecified atom stereocenters. The van der Waals surface area contributed by atoms with Crippen LogP contribution in [0.3, 0.4) is 0 Å². The van der Waals surface area contributed by atoms with Gasteiger partial charge in [-0.3, -0.25) is 19.2 Å². The van der Waals surface area contributed by atoms with Gasteiger partial charge in [-0.15, -0.1) is 0 Å². The van der Waals surface area contributed by atoms with E-state index in [1.54, 1.807) is 0 Å². The van der Waals surface area contributed by atoms with Crippen molar-refractivity contribution in [2.45, 2.75) is 18.2 Å². The summed E-state index contributed by atoms with van der Waals surface area (Å²) in [6.07, 6.45) is -2.22. The molecule has 3 atom stereocenters. The Morgan fingerprint density at radius 1 is 1.71 bits per heavy atom. The second-order valence-electron chi connectivity index (χ2n) is 2.62. The van der Waals surface area contributed by atoms with E-state index in [1.807, 2.05) is 0 Å². The molecule has 0 radical (unpaired) electrons. The van der Waals surface area contributed by atoms with Gasteiger partial charge in [0, 0.05) is 0 Å². The van der Waals surface area contributed by atoms with E-state index in [9.17, 15) is 14.5 Å². The predicted octanol–water partition coefficient (Wildman–Crippen LogP) is -0.234. The number of β-lactam (4-membered cyclic amide) rings is 1. The summed E-state index contributed by atoms with van der Waals surface area (Å²) < 4.78 is 15.7. The fourth-order valence-electron chi connectivity index (χ4n) is 1.21. The van der Waals surface area contributed by atoms with E-state index in [1.165, 1.54) is 0 Å². The maximum absolute atomic E-state index is 11.2. The molecule has 1 heterocycles. The molecule has 14 heavy (non-hydrogen) atoms. The minimum Gasteiger partial charge on any atom is -0.394 e. The summed E-state index contributed by atoms with van der Waals surface area (Å²) in [5, 5.41) is 24.9. The molecule has 3 N–H and O–H groups in total. The molecule has 7 nitrogen and oxygen atoms in total. The Morgan fingerprint density at radius 3 is 2.79 bits per heavy atom. The molecular formula is C5H8N2O5P2. The topological polar surface area (TPSA) is 111 Å². The van der Waals surface area contributed by atoms with Crippen LogP contribution in [0, 0.1) is 5.16 Å². The Balaban J connectivity index is 2.72. The van der Waals surface area contributed by atoms with Crippen molar-refractivity contribution in [3.63, 3.8) is 0 Å². The van der Waals surface area contributed by atoms with Gasteiger partial charge < -0.3 is 10.2 Å². The zero-order valence-electron chi connectivity index (χ0n) is 6.90. The van der Waals surface area contributed by atoms with Crippen LogP contribution in [-0.2, 0) is 13.9 Å². The minimum atomic E-state index is -1.18. The number of carbonyl (C=O) groups is 1. The van der Waals surface area contributed by atoms with E-state index < -0.39 is 39.5 Å². The van der Waals surface area contributed by atoms with Crippen LogP contribution in [0.15, 0.2) is 0 Å². The third-order valence-electron chi connectivity index (χ3n) is 1.91. The van der Waals surface area contributed by atoms with Gasteiger partial charge in [0.15, 0.2) is 6.10 Å². The molecule has 0 bridgehead atoms. The minimum absolute atomic E-state index is 0.0893. The Morgan fingerprint density at radius 2 is 2.36 bits per heavy atom. The highest BCUT2D eigenvalue weighted by Crippen LogP contribution is 2.33. The highest BCUT2D eigenvalue weighted by Gasteiger charge is 2.52. The fraction of sp³-hybridized carbons (Fsp3) is 0.800. The van der Waals surface area contributed by atoms with Crippen molar-refractivity contribution in [2.24, 2.45) is 0 Å². The number of hydrogen-bond acceptors (Lipinski definition) is 6. The molecule has 1 aliphatic rings. The summed E-state index contributed by atoms with van der Waals surface area (Å²) in [6, 6.07) is -0.798. The average Bonchev–Trinajstić information content (AvgIpc) is 2.21. The van der Waals surface area contributed by atoms with E-state index in [4.69, 9.17) is 10.3 Å². The lowest BCUT2D eigenvalue weighted by Gasteiger charge is -2.43. The molecule has 1 rings (SSSR count). The van der Waals surface area contributed by atoms with E-state index >= 15 is 0 Å². The first kappa shape index (κ1) is 11.6. The van der Waals surface area contributed by atoms with Gasteiger partial charge in [-0.1, -0.05) is 0 Å². The van der Waals surface area contributed by atoms with Crippen LogP contribution in [0.4, 0.5) is 0 Å². The Hall–Kier alpha value is -0.450. The molecule has 0 aromatic heterocycles. The van der Waals surface area contributed by atoms with Crippen LogP contribution in [0.2, 0.25) is 0 Å². The standard InChI is InChI=1S/C5H8N2O5P2/c6-13-7-3(2(9)1-8)4(5(7)10)12-14-11/h2-4,6,8-9H,1H2/t2?,3?,4-/m1/s1. The van der Waals surface area contributed by atoms with Crippen LogP contribution < -0.4 is 0 Å². The number of rotatable bonds is 5. The van der Waals surface area contributed by atoms with Crippen LogP contribution in [0.5, 0.6) is 0 Å². The van der Waals surface area contributed by atoms with Gasteiger partial charge in [0.1, 0.15) is 20.7 Å². The molecule has 1 amide bonds. The molecule has 9 heteroatoms. The number of hydrogen-bond donors (Lipinski definition) is 3. The van der Waals surface area contributed by atoms with Crippen LogP contribution >= 0.6 is 17.2 Å². The van der Waals surface area contributed by atoms with Gasteiger partial charge >= 0.3 is 8.69 Å². The van der Waals surface area contributed by atoms with E-state index in [0.29, 0.717) is 0 Å². The molecule has 0 aliphatic carbocycles. The number of aliphatic hydroxyl groups excluding tert-OH is 2. The number of nitrogens with zero attached hydrogens (tertiary/aromatic N) is 1. The lowest BCUT2D eigenvalue weighted by atomic mass is 9.97. The monoisotopic (exact) mass is 238 g/mol. The predicted molar refractivity (Wildman–Crippen MR) is 45.8 cm³/mol. The van der Waals surface area contributed by atoms with Gasteiger partial charge in [0.05, 0.1) is 6.61 Å². The average molecular weight is 238 g/mol. The number of carbonyl (C=O) groups excluding carboxylic acids is 1. The molecular weight excluding hydrogens is 230 g/mol. The number of nitrogens with one attached hydrogen (secondary N) is 1. The Bertz CT molecular complexity index is 263. The van der Waals surface area contributed by atoms with Crippen molar-refractivity contribution in [1.82, 2.24) is 4.67 Å². The largest absolute Gasteiger partial charge is 0.394 e. The first-order chi connectivity index (χ1) is 6.67. The molecule has 1 aliphatic heterocycles. The third kappa shape index (κ3) is 1.82. The normalized spacial score (nSPS) is 29.3. The lowest BCUT2D eigenvalue weighted by molar-refractivity contribution is -0.160. The summed E-state index contributed by atoms with van der Waals surface area (Å²) in [4.78, 5) is 11.2. The van der Waals surface area contributed by atoms with Gasteiger partial charge in [0.25, 0.3) is 5.91 Å². The number of aliphatic hydroxyl groups is 2. The van der Waals surface area contributed by atoms with Crippen molar-refractivity contribution in [3.8, 4) is 0 Å². The maximum Gasteiger partial charge on any atom is 0.328 e. The van der Waals surface area contributed by atoms with Crippen molar-refractivity contribution < 1.29 is 24.1 Å². The summed E-state index contributed by atoms with van der Waals surface area (Å²) in [6.45, 7) is -0.542. The van der Waals surface area contributed by atoms with Crippen molar-refractivity contribution in [3.05, 3.63) is 0 Å². The Labute approximate surface area is 82.7 Å². The summed E-state index contributed by atoms with van der Waals surface area (Å²) >= 11 is 0. The highest BCUT2D eigenvalue weighted by molar-refractivity contribution is 7.23. The second kappa shape index (κ2) is 4.87. The number of amides is 1. The smallest absolute Gasteiger partial charge is 0.328 e. The molecule has 0 aromatic carbocycles. The molecule has 0 aromatic rings. The second-order valence-corrected chi connectivity index (χ2v) is 3.61.